The van der Waals surface area contributed by atoms with Gasteiger partial charge in [-0.15, -0.1) is 24.8 Å². The van der Waals surface area contributed by atoms with Gasteiger partial charge in [0.25, 0.3) is 0 Å². The Bertz CT molecular complexity index is 702. The van der Waals surface area contributed by atoms with Gasteiger partial charge in [-0.2, -0.15) is 23.6 Å². The van der Waals surface area contributed by atoms with Crippen LogP contribution in [-0.4, -0.2) is 0 Å². The Morgan fingerprint density at radius 3 is 2.24 bits per heavy atom. The standard InChI is InChI=1S/C18H12.C2H6.Y/c1-3-13-14(4-2)16-10-6-8-12-18(16)17-11-7-5-9-15(13)17;1-2;/h3,5-9,11-12H,1-2H2;1-2H3;/q-2;;. The minimum absolute atomic E-state index is 0. The predicted octanol–water partition coefficient (Wildman–Crippen LogP) is 5.80. The van der Waals surface area contributed by atoms with Crippen molar-refractivity contribution in [2.75, 3.05) is 0 Å². The van der Waals surface area contributed by atoms with Crippen LogP contribution in [0, 0.1) is 12.1 Å². The van der Waals surface area contributed by atoms with Gasteiger partial charge in [-0.25, -0.2) is 17.5 Å². The van der Waals surface area contributed by atoms with Gasteiger partial charge in [0.15, 0.2) is 0 Å². The third-order valence-electron chi connectivity index (χ3n) is 3.26. The van der Waals surface area contributed by atoms with Crippen molar-refractivity contribution in [3.63, 3.8) is 0 Å². The molecule has 21 heavy (non-hydrogen) atoms. The van der Waals surface area contributed by atoms with Gasteiger partial charge in [0.1, 0.15) is 0 Å². The first-order valence-corrected chi connectivity index (χ1v) is 6.87. The smallest absolute Gasteiger partial charge is 0 e. The summed E-state index contributed by atoms with van der Waals surface area (Å²) in [6.45, 7) is 11.7. The molecule has 1 heteroatoms. The predicted molar refractivity (Wildman–Crippen MR) is 89.7 cm³/mol. The molecule has 0 bridgehead atoms. The summed E-state index contributed by atoms with van der Waals surface area (Å²) in [5.41, 5.74) is 2.06. The fourth-order valence-corrected chi connectivity index (χ4v) is 2.49. The number of rotatable bonds is 2. The molecule has 0 spiro atoms. The summed E-state index contributed by atoms with van der Waals surface area (Å²) in [6.07, 6.45) is 4.90. The van der Waals surface area contributed by atoms with Gasteiger partial charge in [0, 0.05) is 32.7 Å². The molecule has 0 fully saturated rings. The Kier molecular flexibility index (Phi) is 7.01. The average Bonchev–Trinajstić information content (AvgIpc) is 2.55. The molecule has 3 rings (SSSR count). The summed E-state index contributed by atoms with van der Waals surface area (Å²) >= 11 is 0. The van der Waals surface area contributed by atoms with Crippen molar-refractivity contribution < 1.29 is 32.7 Å². The van der Waals surface area contributed by atoms with E-state index >= 15 is 0 Å². The molecular weight excluding hydrogens is 329 g/mol. The summed E-state index contributed by atoms with van der Waals surface area (Å²) in [5, 5.41) is 4.65. The van der Waals surface area contributed by atoms with Gasteiger partial charge in [-0.1, -0.05) is 48.9 Å². The van der Waals surface area contributed by atoms with Gasteiger partial charge in [0.2, 0.25) is 0 Å². The Labute approximate surface area is 152 Å². The fraction of sp³-hybridized carbons (Fsp3) is 0.100. The number of benzene rings is 3. The summed E-state index contributed by atoms with van der Waals surface area (Å²) in [4.78, 5) is 0. The van der Waals surface area contributed by atoms with Gasteiger partial charge < -0.3 is 0 Å². The van der Waals surface area contributed by atoms with E-state index in [1.807, 2.05) is 38.1 Å². The summed E-state index contributed by atoms with van der Waals surface area (Å²) in [5.74, 6) is 0. The Morgan fingerprint density at radius 2 is 1.62 bits per heavy atom. The van der Waals surface area contributed by atoms with E-state index in [4.69, 9.17) is 0 Å². The Hall–Kier alpha value is -1.24. The van der Waals surface area contributed by atoms with Crippen LogP contribution >= 0.6 is 0 Å². The van der Waals surface area contributed by atoms with E-state index in [1.54, 1.807) is 0 Å². The molecule has 0 aliphatic heterocycles. The van der Waals surface area contributed by atoms with Crippen LogP contribution in [-0.2, 0) is 32.7 Å². The maximum atomic E-state index is 3.91. The van der Waals surface area contributed by atoms with Crippen molar-refractivity contribution in [2.24, 2.45) is 0 Å². The zero-order valence-corrected chi connectivity index (χ0v) is 15.4. The van der Waals surface area contributed by atoms with Crippen molar-refractivity contribution in [3.05, 3.63) is 78.9 Å². The summed E-state index contributed by atoms with van der Waals surface area (Å²) in [6, 6.07) is 17.7. The molecule has 0 unspecified atom stereocenters. The number of hydrogen-bond donors (Lipinski definition) is 0. The maximum absolute atomic E-state index is 3.91. The molecule has 0 aromatic heterocycles. The normalized spacial score (nSPS) is 9.43. The first-order chi connectivity index (χ1) is 9.86. The van der Waals surface area contributed by atoms with Gasteiger partial charge >= 0.3 is 0 Å². The largest absolute Gasteiger partial charge is 0.261 e. The fourth-order valence-electron chi connectivity index (χ4n) is 2.49. The van der Waals surface area contributed by atoms with Crippen LogP contribution < -0.4 is 0 Å². The van der Waals surface area contributed by atoms with Crippen molar-refractivity contribution in [1.82, 2.24) is 0 Å². The molecule has 1 radical (unpaired) electrons. The first kappa shape index (κ1) is 17.8. The van der Waals surface area contributed by atoms with Crippen LogP contribution in [0.3, 0.4) is 0 Å². The van der Waals surface area contributed by atoms with Gasteiger partial charge in [-0.05, 0) is 0 Å². The molecule has 0 amide bonds. The third-order valence-corrected chi connectivity index (χ3v) is 3.26. The molecule has 0 atom stereocenters. The molecule has 3 aromatic carbocycles. The van der Waals surface area contributed by atoms with E-state index in [0.717, 1.165) is 16.5 Å². The van der Waals surface area contributed by atoms with Crippen LogP contribution in [0.25, 0.3) is 27.6 Å². The van der Waals surface area contributed by atoms with E-state index in [9.17, 15) is 0 Å². The second kappa shape index (κ2) is 8.27. The summed E-state index contributed by atoms with van der Waals surface area (Å²) < 4.78 is 0. The average molecular weight is 347 g/mol. The van der Waals surface area contributed by atoms with Crippen LogP contribution in [0.4, 0.5) is 0 Å². The number of hydrogen-bond acceptors (Lipinski definition) is 0. The van der Waals surface area contributed by atoms with E-state index in [2.05, 4.69) is 49.6 Å². The SMILES string of the molecule is C=[C-]c1c(C=C)c2ccccc2c2ccc[c-]c12.CC.[Y]. The molecule has 0 aliphatic carbocycles. The van der Waals surface area contributed by atoms with Crippen molar-refractivity contribution in [1.29, 1.82) is 0 Å². The minimum Gasteiger partial charge on any atom is -0.261 e. The van der Waals surface area contributed by atoms with Crippen LogP contribution in [0.15, 0.2) is 55.6 Å². The monoisotopic (exact) mass is 347 g/mol. The second-order valence-corrected chi connectivity index (χ2v) is 4.17. The van der Waals surface area contributed by atoms with Gasteiger partial charge in [0.05, 0.1) is 0 Å². The Balaban J connectivity index is 0.000000706. The molecule has 0 nitrogen and oxygen atoms in total. The van der Waals surface area contributed by atoms with Crippen LogP contribution in [0.2, 0.25) is 0 Å². The summed E-state index contributed by atoms with van der Waals surface area (Å²) in [7, 11) is 0. The number of fused-ring (bicyclic) bond motifs is 3. The zero-order valence-electron chi connectivity index (χ0n) is 12.6. The molecular formula is C20H18Y-2. The topological polar surface area (TPSA) is 0 Å². The van der Waals surface area contributed by atoms with Crippen molar-refractivity contribution in [3.8, 4) is 0 Å². The van der Waals surface area contributed by atoms with E-state index in [1.165, 1.54) is 16.2 Å². The third kappa shape index (κ3) is 3.17. The molecule has 0 heterocycles. The van der Waals surface area contributed by atoms with E-state index in [-0.39, 0.29) is 32.7 Å². The zero-order chi connectivity index (χ0) is 14.5. The maximum Gasteiger partial charge on any atom is 0 e. The van der Waals surface area contributed by atoms with Crippen molar-refractivity contribution >= 4 is 27.6 Å². The van der Waals surface area contributed by atoms with E-state index in [0.29, 0.717) is 0 Å². The van der Waals surface area contributed by atoms with E-state index < -0.39 is 0 Å². The molecule has 0 saturated carbocycles. The van der Waals surface area contributed by atoms with Crippen LogP contribution in [0.1, 0.15) is 25.0 Å². The first-order valence-electron chi connectivity index (χ1n) is 6.87. The molecule has 0 saturated heterocycles. The Morgan fingerprint density at radius 1 is 1.00 bits per heavy atom. The van der Waals surface area contributed by atoms with Crippen molar-refractivity contribution in [2.45, 2.75) is 13.8 Å². The molecule has 0 N–H and O–H groups in total. The van der Waals surface area contributed by atoms with Crippen LogP contribution in [0.5, 0.6) is 0 Å². The second-order valence-electron chi connectivity index (χ2n) is 4.17. The molecule has 0 aliphatic rings. The quantitative estimate of drug-likeness (QED) is 0.406. The molecule has 103 valence electrons. The molecule has 3 aromatic rings. The minimum atomic E-state index is 0. The van der Waals surface area contributed by atoms with Gasteiger partial charge in [-0.3, -0.25) is 5.56 Å².